The molecule has 0 saturated heterocycles. The maximum atomic E-state index is 10.3. The summed E-state index contributed by atoms with van der Waals surface area (Å²) < 4.78 is 2.19. The number of para-hydroxylation sites is 1. The van der Waals surface area contributed by atoms with Crippen LogP contribution in [0.2, 0.25) is 0 Å². The summed E-state index contributed by atoms with van der Waals surface area (Å²) in [5.74, 6) is 1.73. The molecule has 0 amide bonds. The van der Waals surface area contributed by atoms with Gasteiger partial charge in [-0.05, 0) is 61.4 Å². The number of aromatic nitrogens is 4. The largest absolute Gasteiger partial charge is 0.308 e. The van der Waals surface area contributed by atoms with Gasteiger partial charge in [-0.1, -0.05) is 114 Å². The first-order chi connectivity index (χ1) is 23.1. The predicted octanol–water partition coefficient (Wildman–Crippen LogP) is 10.1. The molecule has 0 aliphatic heterocycles. The predicted molar refractivity (Wildman–Crippen MR) is 190 cm³/mol. The Balaban J connectivity index is 1.34. The lowest BCUT2D eigenvalue weighted by Gasteiger charge is -2.13. The quantitative estimate of drug-likeness (QED) is 0.196. The van der Waals surface area contributed by atoms with Gasteiger partial charge in [0.05, 0.1) is 22.3 Å². The summed E-state index contributed by atoms with van der Waals surface area (Å²) >= 11 is 0. The van der Waals surface area contributed by atoms with Crippen LogP contribution >= 0.6 is 0 Å². The van der Waals surface area contributed by atoms with Crippen LogP contribution in [0.15, 0.2) is 140 Å². The summed E-state index contributed by atoms with van der Waals surface area (Å²) in [6.45, 7) is 4.27. The van der Waals surface area contributed by atoms with Gasteiger partial charge >= 0.3 is 0 Å². The Labute approximate surface area is 273 Å². The van der Waals surface area contributed by atoms with Crippen LogP contribution in [0.3, 0.4) is 0 Å². The molecule has 8 rings (SSSR count). The molecule has 0 aliphatic carbocycles. The van der Waals surface area contributed by atoms with Crippen LogP contribution in [0, 0.1) is 25.2 Å². The maximum Gasteiger partial charge on any atom is 0.164 e. The average molecular weight is 604 g/mol. The van der Waals surface area contributed by atoms with Crippen molar-refractivity contribution in [1.29, 1.82) is 5.26 Å². The molecule has 0 spiro atoms. The van der Waals surface area contributed by atoms with Gasteiger partial charge in [-0.2, -0.15) is 5.26 Å². The summed E-state index contributed by atoms with van der Waals surface area (Å²) in [5, 5.41) is 12.6. The second kappa shape index (κ2) is 11.5. The average Bonchev–Trinajstić information content (AvgIpc) is 3.45. The first-order valence-corrected chi connectivity index (χ1v) is 15.6. The minimum Gasteiger partial charge on any atom is -0.308 e. The van der Waals surface area contributed by atoms with Crippen molar-refractivity contribution in [3.05, 3.63) is 156 Å². The molecule has 47 heavy (non-hydrogen) atoms. The third-order valence-electron chi connectivity index (χ3n) is 8.54. The molecule has 5 nitrogen and oxygen atoms in total. The third-order valence-corrected chi connectivity index (χ3v) is 8.54. The number of fused-ring (bicyclic) bond motifs is 3. The molecule has 0 saturated carbocycles. The minimum atomic E-state index is 0.543. The highest BCUT2D eigenvalue weighted by molar-refractivity contribution is 6.10. The number of rotatable bonds is 5. The molecule has 0 aliphatic rings. The third kappa shape index (κ3) is 5.12. The number of hydrogen-bond donors (Lipinski definition) is 0. The Kier molecular flexibility index (Phi) is 6.89. The van der Waals surface area contributed by atoms with Gasteiger partial charge in [0.1, 0.15) is 6.07 Å². The fourth-order valence-corrected chi connectivity index (χ4v) is 6.44. The highest BCUT2D eigenvalue weighted by Gasteiger charge is 2.18. The van der Waals surface area contributed by atoms with Crippen molar-refractivity contribution in [2.45, 2.75) is 13.8 Å². The van der Waals surface area contributed by atoms with Gasteiger partial charge in [0.15, 0.2) is 17.5 Å². The molecule has 0 fully saturated rings. The fourth-order valence-electron chi connectivity index (χ4n) is 6.44. The molecule has 0 atom stereocenters. The smallest absolute Gasteiger partial charge is 0.164 e. The van der Waals surface area contributed by atoms with E-state index in [1.165, 1.54) is 16.7 Å². The number of hydrogen-bond acceptors (Lipinski definition) is 4. The van der Waals surface area contributed by atoms with E-state index in [9.17, 15) is 5.26 Å². The lowest BCUT2D eigenvalue weighted by atomic mass is 9.99. The van der Waals surface area contributed by atoms with Crippen molar-refractivity contribution in [3.63, 3.8) is 0 Å². The Morgan fingerprint density at radius 1 is 0.468 bits per heavy atom. The van der Waals surface area contributed by atoms with Gasteiger partial charge in [-0.25, -0.2) is 15.0 Å². The summed E-state index contributed by atoms with van der Waals surface area (Å²) in [5.41, 5.74) is 10.8. The van der Waals surface area contributed by atoms with E-state index in [-0.39, 0.29) is 0 Å². The Morgan fingerprint density at radius 2 is 1.02 bits per heavy atom. The summed E-state index contributed by atoms with van der Waals surface area (Å²) in [7, 11) is 0. The highest BCUT2D eigenvalue weighted by Crippen LogP contribution is 2.37. The summed E-state index contributed by atoms with van der Waals surface area (Å²) in [6.07, 6.45) is 0. The highest BCUT2D eigenvalue weighted by atomic mass is 15.0. The van der Waals surface area contributed by atoms with Crippen molar-refractivity contribution >= 4 is 21.8 Å². The Morgan fingerprint density at radius 3 is 1.66 bits per heavy atom. The molecular weight excluding hydrogens is 574 g/mol. The van der Waals surface area contributed by atoms with Crippen molar-refractivity contribution in [1.82, 2.24) is 19.5 Å². The van der Waals surface area contributed by atoms with Gasteiger partial charge in [0.25, 0.3) is 0 Å². The lowest BCUT2D eigenvalue weighted by Crippen LogP contribution is -2.02. The monoisotopic (exact) mass is 603 g/mol. The van der Waals surface area contributed by atoms with Gasteiger partial charge in [0, 0.05) is 27.5 Å². The molecule has 0 N–H and O–H groups in total. The van der Waals surface area contributed by atoms with Gasteiger partial charge in [-0.15, -0.1) is 0 Å². The zero-order chi connectivity index (χ0) is 31.9. The molecule has 222 valence electrons. The number of nitriles is 1. The Bertz CT molecular complexity index is 2410. The first kappa shape index (κ1) is 28.1. The molecule has 0 radical (unpaired) electrons. The SMILES string of the molecule is Cc1cc(C)cc(-c2ccc3c(c2)c2ccccc2n3-c2cc(-c3nc(-c4ccccc4)nc(-c4ccccc4)n3)ccc2C#N)c1. The van der Waals surface area contributed by atoms with Crippen molar-refractivity contribution in [2.24, 2.45) is 0 Å². The Hall–Kier alpha value is -6.38. The summed E-state index contributed by atoms with van der Waals surface area (Å²) in [6, 6.07) is 49.8. The van der Waals surface area contributed by atoms with Crippen molar-refractivity contribution in [2.75, 3.05) is 0 Å². The normalized spacial score (nSPS) is 11.2. The van der Waals surface area contributed by atoms with Gasteiger partial charge in [-0.3, -0.25) is 0 Å². The first-order valence-electron chi connectivity index (χ1n) is 15.6. The zero-order valence-corrected chi connectivity index (χ0v) is 26.0. The summed E-state index contributed by atoms with van der Waals surface area (Å²) in [4.78, 5) is 14.7. The molecule has 6 aromatic carbocycles. The number of benzene rings is 6. The molecule has 2 heterocycles. The second-order valence-corrected chi connectivity index (χ2v) is 11.8. The van der Waals surface area contributed by atoms with E-state index in [2.05, 4.69) is 79.1 Å². The minimum absolute atomic E-state index is 0.543. The van der Waals surface area contributed by atoms with Crippen LogP contribution in [0.1, 0.15) is 16.7 Å². The van der Waals surface area contributed by atoms with Gasteiger partial charge < -0.3 is 4.57 Å². The van der Waals surface area contributed by atoms with E-state index in [1.807, 2.05) is 84.9 Å². The molecule has 5 heteroatoms. The lowest BCUT2D eigenvalue weighted by molar-refractivity contribution is 1.07. The van der Waals surface area contributed by atoms with E-state index in [0.29, 0.717) is 23.0 Å². The molecule has 2 aromatic heterocycles. The van der Waals surface area contributed by atoms with E-state index >= 15 is 0 Å². The van der Waals surface area contributed by atoms with Crippen LogP contribution in [-0.4, -0.2) is 19.5 Å². The zero-order valence-electron chi connectivity index (χ0n) is 26.0. The van der Waals surface area contributed by atoms with Crippen LogP contribution in [-0.2, 0) is 0 Å². The van der Waals surface area contributed by atoms with Crippen LogP contribution in [0.25, 0.3) is 72.8 Å². The molecule has 0 unspecified atom stereocenters. The standard InChI is InChI=1S/C42H29N5/c1-27-21-28(2)23-34(22-27)31-19-20-38-36(24-31)35-15-9-10-16-37(35)47(38)39-25-32(17-18-33(39)26-43)42-45-40(29-11-5-3-6-12-29)44-41(46-42)30-13-7-4-8-14-30/h3-25H,1-2H3. The number of nitrogens with zero attached hydrogens (tertiary/aromatic N) is 5. The maximum absolute atomic E-state index is 10.3. The topological polar surface area (TPSA) is 67.4 Å². The number of aryl methyl sites for hydroxylation is 2. The van der Waals surface area contributed by atoms with Crippen LogP contribution in [0.4, 0.5) is 0 Å². The van der Waals surface area contributed by atoms with Crippen LogP contribution < -0.4 is 0 Å². The van der Waals surface area contributed by atoms with Crippen molar-refractivity contribution in [3.8, 4) is 57.0 Å². The molecule has 8 aromatic rings. The fraction of sp³-hybridized carbons (Fsp3) is 0.0476. The van der Waals surface area contributed by atoms with Crippen molar-refractivity contribution < 1.29 is 0 Å². The van der Waals surface area contributed by atoms with E-state index in [1.54, 1.807) is 0 Å². The van der Waals surface area contributed by atoms with E-state index < -0.39 is 0 Å². The van der Waals surface area contributed by atoms with Crippen LogP contribution in [0.5, 0.6) is 0 Å². The molecular formula is C42H29N5. The van der Waals surface area contributed by atoms with E-state index in [4.69, 9.17) is 15.0 Å². The van der Waals surface area contributed by atoms with Gasteiger partial charge in [0.2, 0.25) is 0 Å². The van der Waals surface area contributed by atoms with E-state index in [0.717, 1.165) is 49.7 Å². The second-order valence-electron chi connectivity index (χ2n) is 11.8. The molecule has 0 bridgehead atoms.